The van der Waals surface area contributed by atoms with Crippen LogP contribution in [0, 0.1) is 23.6 Å². The maximum absolute atomic E-state index is 14.9. The van der Waals surface area contributed by atoms with Crippen molar-refractivity contribution >= 4 is 29.8 Å². The molecule has 242 valence electrons. The third kappa shape index (κ3) is 9.18. The number of carbonyl (C=O) groups excluding carboxylic acids is 4. The van der Waals surface area contributed by atoms with E-state index in [0.717, 1.165) is 31.5 Å². The molecule has 0 bridgehead atoms. The number of ether oxygens (including phenoxy) is 1. The number of hydrogen-bond donors (Lipinski definition) is 3. The number of rotatable bonds is 13. The number of ketones is 1. The van der Waals surface area contributed by atoms with Crippen LogP contribution in [-0.2, 0) is 16.1 Å². The highest BCUT2D eigenvalue weighted by Gasteiger charge is 2.35. The van der Waals surface area contributed by atoms with Crippen molar-refractivity contribution < 1.29 is 28.3 Å². The summed E-state index contributed by atoms with van der Waals surface area (Å²) >= 11 is 0. The van der Waals surface area contributed by atoms with Gasteiger partial charge in [0.1, 0.15) is 5.78 Å². The summed E-state index contributed by atoms with van der Waals surface area (Å²) in [5.41, 5.74) is 1.40. The zero-order valence-electron chi connectivity index (χ0n) is 26.7. The van der Waals surface area contributed by atoms with Gasteiger partial charge in [-0.2, -0.15) is 0 Å². The molecule has 0 saturated carbocycles. The van der Waals surface area contributed by atoms with E-state index in [2.05, 4.69) is 39.8 Å². The zero-order chi connectivity index (χ0) is 32.4. The van der Waals surface area contributed by atoms with Gasteiger partial charge in [0.15, 0.2) is 11.6 Å². The van der Waals surface area contributed by atoms with E-state index in [4.69, 9.17) is 4.74 Å². The number of methoxy groups -OCH3 is 1. The number of halogens is 1. The van der Waals surface area contributed by atoms with Crippen molar-refractivity contribution in [3.8, 4) is 5.75 Å². The second-order valence-corrected chi connectivity index (χ2v) is 11.8. The highest BCUT2D eigenvalue weighted by molar-refractivity contribution is 5.99. The predicted octanol–water partition coefficient (Wildman–Crippen LogP) is 3.14. The number of fused-ring (bicyclic) bond motifs is 1. The van der Waals surface area contributed by atoms with Crippen LogP contribution in [0.15, 0.2) is 28.9 Å². The number of hydrogen-bond acceptors (Lipinski definition) is 8. The van der Waals surface area contributed by atoms with E-state index in [1.807, 2.05) is 13.8 Å². The van der Waals surface area contributed by atoms with Crippen LogP contribution in [0.4, 0.5) is 9.18 Å². The smallest absolute Gasteiger partial charge is 0.321 e. The lowest BCUT2D eigenvalue weighted by Gasteiger charge is -2.30. The van der Waals surface area contributed by atoms with Gasteiger partial charge in [-0.05, 0) is 56.0 Å². The molecule has 2 aliphatic rings. The Hall–Kier alpha value is -3.64. The fraction of sp³-hybridized carbons (Fsp3) is 0.594. The van der Waals surface area contributed by atoms with E-state index in [9.17, 15) is 23.6 Å². The van der Waals surface area contributed by atoms with Gasteiger partial charge in [0.25, 0.3) is 5.91 Å². The third-order valence-electron chi connectivity index (χ3n) is 8.53. The van der Waals surface area contributed by atoms with Crippen LogP contribution in [-0.4, -0.2) is 92.6 Å². The van der Waals surface area contributed by atoms with Crippen molar-refractivity contribution in [3.05, 3.63) is 40.8 Å². The minimum atomic E-state index is -0.709. The monoisotopic (exact) mass is 614 g/mol. The Morgan fingerprint density at radius 2 is 2.02 bits per heavy atom. The van der Waals surface area contributed by atoms with Crippen LogP contribution < -0.4 is 20.7 Å². The first-order valence-corrected chi connectivity index (χ1v) is 15.3. The number of nitrogens with one attached hydrogen (secondary N) is 3. The number of benzene rings is 1. The van der Waals surface area contributed by atoms with Gasteiger partial charge in [0, 0.05) is 57.4 Å². The number of imide groups is 1. The number of likely N-dealkylation sites (tertiary alicyclic amines) is 1. The summed E-state index contributed by atoms with van der Waals surface area (Å²) in [6.07, 6.45) is 5.98. The van der Waals surface area contributed by atoms with Gasteiger partial charge in [-0.1, -0.05) is 26.8 Å². The molecule has 0 radical (unpaired) electrons. The quantitative estimate of drug-likeness (QED) is 0.230. The molecule has 44 heavy (non-hydrogen) atoms. The molecule has 12 heteroatoms. The molecule has 1 saturated heterocycles. The number of Topliss-reactive ketones (excluding diaryl/α,β-unsaturated/α-hetero) is 1. The molecule has 3 N–H and O–H groups in total. The Labute approximate surface area is 259 Å². The molecule has 0 aromatic heterocycles. The van der Waals surface area contributed by atoms with Crippen molar-refractivity contribution in [3.63, 3.8) is 0 Å². The molecule has 3 rings (SSSR count). The molecule has 11 nitrogen and oxygen atoms in total. The number of amides is 4. The summed E-state index contributed by atoms with van der Waals surface area (Å²) < 4.78 is 19.9. The van der Waals surface area contributed by atoms with Gasteiger partial charge in [0.05, 0.1) is 25.3 Å². The fourth-order valence-corrected chi connectivity index (χ4v) is 6.07. The molecular weight excluding hydrogens is 567 g/mol. The number of urea groups is 1. The molecule has 2 heterocycles. The summed E-state index contributed by atoms with van der Waals surface area (Å²) in [7, 11) is 3.44. The van der Waals surface area contributed by atoms with Gasteiger partial charge in [-0.15, -0.1) is 0 Å². The Morgan fingerprint density at radius 1 is 1.27 bits per heavy atom. The second-order valence-electron chi connectivity index (χ2n) is 11.8. The Kier molecular flexibility index (Phi) is 13.0. The standard InChI is InChI=1S/C32H47FN6O5/c1-7-23(15-34-12-13-35-16-27(41)25-9-8-14-38(5)17-20(25)2)21(3)26(37-32(43)36-22(4)40)19-39-18-24-10-11-28(44-6)30(33)29(24)31(39)42/h10-12,15,20-21,25-26,35H,7-9,13-14,16-19H2,1-6H3,(H2,36,37,40,43)/b23-15+,34-12?/t20?,21?,25?,26-/m0/s1. The summed E-state index contributed by atoms with van der Waals surface area (Å²) in [4.78, 5) is 58.2. The fourth-order valence-electron chi connectivity index (χ4n) is 6.07. The molecule has 0 aliphatic carbocycles. The van der Waals surface area contributed by atoms with Crippen LogP contribution in [0.25, 0.3) is 0 Å². The Bertz CT molecular complexity index is 1270. The average Bonchev–Trinajstić information content (AvgIpc) is 3.17. The lowest BCUT2D eigenvalue weighted by Crippen LogP contribution is -2.51. The number of nitrogens with zero attached hydrogens (tertiary/aromatic N) is 3. The number of carbonyl (C=O) groups is 4. The first-order valence-electron chi connectivity index (χ1n) is 15.3. The topological polar surface area (TPSA) is 132 Å². The van der Waals surface area contributed by atoms with Gasteiger partial charge < -0.3 is 25.2 Å². The summed E-state index contributed by atoms with van der Waals surface area (Å²) in [6, 6.07) is 1.86. The zero-order valence-corrected chi connectivity index (χ0v) is 26.7. The van der Waals surface area contributed by atoms with Crippen molar-refractivity contribution in [2.45, 2.75) is 59.5 Å². The summed E-state index contributed by atoms with van der Waals surface area (Å²) in [5, 5.41) is 8.20. The minimum Gasteiger partial charge on any atom is -0.494 e. The maximum atomic E-state index is 14.9. The van der Waals surface area contributed by atoms with Crippen LogP contribution in [0.1, 0.15) is 62.9 Å². The summed E-state index contributed by atoms with van der Waals surface area (Å²) in [5.74, 6) is -1.39. The van der Waals surface area contributed by atoms with Gasteiger partial charge in [-0.3, -0.25) is 24.7 Å². The first-order chi connectivity index (χ1) is 21.0. The number of aliphatic imine (C=N–C) groups is 1. The maximum Gasteiger partial charge on any atom is 0.321 e. The lowest BCUT2D eigenvalue weighted by molar-refractivity contribution is -0.123. The molecule has 3 unspecified atom stereocenters. The highest BCUT2D eigenvalue weighted by Crippen LogP contribution is 2.32. The minimum absolute atomic E-state index is 0.0115. The van der Waals surface area contributed by atoms with E-state index in [1.54, 1.807) is 18.5 Å². The van der Waals surface area contributed by atoms with E-state index in [0.29, 0.717) is 31.0 Å². The molecule has 2 aliphatic heterocycles. The molecule has 4 atom stereocenters. The second kappa shape index (κ2) is 16.4. The van der Waals surface area contributed by atoms with Crippen LogP contribution in [0.5, 0.6) is 5.75 Å². The largest absolute Gasteiger partial charge is 0.494 e. The predicted molar refractivity (Wildman–Crippen MR) is 167 cm³/mol. The SMILES string of the molecule is CC/C(=C\N=CCNCC(=O)C1CCCN(C)CC1C)C(C)[C@H](CN1Cc2ccc(OC)c(F)c2C1=O)NC(=O)NC(C)=O. The molecule has 1 aromatic rings. The summed E-state index contributed by atoms with van der Waals surface area (Å²) in [6.45, 7) is 10.2. The van der Waals surface area contributed by atoms with Crippen LogP contribution >= 0.6 is 0 Å². The van der Waals surface area contributed by atoms with E-state index < -0.39 is 29.7 Å². The highest BCUT2D eigenvalue weighted by atomic mass is 19.1. The van der Waals surface area contributed by atoms with E-state index in [1.165, 1.54) is 25.0 Å². The molecular formula is C32H47FN6O5. The lowest BCUT2D eigenvalue weighted by atomic mass is 9.87. The van der Waals surface area contributed by atoms with E-state index in [-0.39, 0.29) is 42.0 Å². The third-order valence-corrected chi connectivity index (χ3v) is 8.53. The van der Waals surface area contributed by atoms with Crippen molar-refractivity contribution in [1.29, 1.82) is 0 Å². The average molecular weight is 615 g/mol. The van der Waals surface area contributed by atoms with Gasteiger partial charge >= 0.3 is 6.03 Å². The van der Waals surface area contributed by atoms with Crippen molar-refractivity contribution in [2.75, 3.05) is 46.9 Å². The Morgan fingerprint density at radius 3 is 2.70 bits per heavy atom. The van der Waals surface area contributed by atoms with Gasteiger partial charge in [-0.25, -0.2) is 9.18 Å². The Balaban J connectivity index is 1.65. The van der Waals surface area contributed by atoms with Crippen molar-refractivity contribution in [1.82, 2.24) is 25.8 Å². The van der Waals surface area contributed by atoms with Crippen LogP contribution in [0.2, 0.25) is 0 Å². The normalized spacial score (nSPS) is 20.7. The molecule has 1 aromatic carbocycles. The van der Waals surface area contributed by atoms with E-state index >= 15 is 0 Å². The van der Waals surface area contributed by atoms with Crippen LogP contribution in [0.3, 0.4) is 0 Å². The first kappa shape index (κ1) is 34.8. The van der Waals surface area contributed by atoms with Gasteiger partial charge in [0.2, 0.25) is 5.91 Å². The van der Waals surface area contributed by atoms with Crippen molar-refractivity contribution in [2.24, 2.45) is 22.7 Å². The molecule has 1 fully saturated rings. The molecule has 4 amide bonds. The molecule has 0 spiro atoms.